The van der Waals surface area contributed by atoms with Crippen LogP contribution in [0.4, 0.5) is 0 Å². The molecule has 2 aliphatic rings. The molecule has 1 N–H and O–H groups in total. The summed E-state index contributed by atoms with van der Waals surface area (Å²) in [5, 5.41) is 5.95. The molecule has 0 radical (unpaired) electrons. The van der Waals surface area contributed by atoms with Crippen molar-refractivity contribution in [2.45, 2.75) is 70.4 Å². The van der Waals surface area contributed by atoms with Gasteiger partial charge in [0, 0.05) is 23.8 Å². The van der Waals surface area contributed by atoms with Crippen LogP contribution in [0.15, 0.2) is 5.38 Å². The molecule has 2 atom stereocenters. The molecule has 2 saturated heterocycles. The number of hydrogen-bond donors (Lipinski definition) is 1. The minimum absolute atomic E-state index is 0.0128. The first-order chi connectivity index (χ1) is 10.9. The summed E-state index contributed by atoms with van der Waals surface area (Å²) in [7, 11) is 0. The SMILES string of the molecule is CC(C)(C)c1csc([C@@H]2CCCCN2C(=O)[C@H]2CCC(=O)N2)n1. The van der Waals surface area contributed by atoms with Crippen LogP contribution in [0, 0.1) is 0 Å². The number of nitrogens with zero attached hydrogens (tertiary/aromatic N) is 2. The van der Waals surface area contributed by atoms with Gasteiger partial charge in [-0.25, -0.2) is 4.98 Å². The van der Waals surface area contributed by atoms with Crippen molar-refractivity contribution in [2.75, 3.05) is 6.54 Å². The number of carbonyl (C=O) groups is 2. The van der Waals surface area contributed by atoms with Crippen LogP contribution in [0.5, 0.6) is 0 Å². The summed E-state index contributed by atoms with van der Waals surface area (Å²) >= 11 is 1.65. The zero-order valence-corrected chi connectivity index (χ0v) is 14.9. The van der Waals surface area contributed by atoms with E-state index in [1.807, 2.05) is 4.90 Å². The third kappa shape index (κ3) is 3.42. The summed E-state index contributed by atoms with van der Waals surface area (Å²) < 4.78 is 0. The maximum Gasteiger partial charge on any atom is 0.245 e. The largest absolute Gasteiger partial charge is 0.344 e. The molecular weight excluding hydrogens is 310 g/mol. The monoisotopic (exact) mass is 335 g/mol. The lowest BCUT2D eigenvalue weighted by Crippen LogP contribution is -2.47. The standard InChI is InChI=1S/C17H25N3O2S/c1-17(2,3)13-10-23-15(19-13)12-6-4-5-9-20(12)16(22)11-7-8-14(21)18-11/h10-12H,4-9H2,1-3H3,(H,18,21)/t11-,12+/m1/s1. The normalized spacial score (nSPS) is 25.5. The summed E-state index contributed by atoms with van der Waals surface area (Å²) in [6.45, 7) is 7.23. The van der Waals surface area contributed by atoms with Crippen LogP contribution >= 0.6 is 11.3 Å². The van der Waals surface area contributed by atoms with Gasteiger partial charge in [0.25, 0.3) is 0 Å². The van der Waals surface area contributed by atoms with Gasteiger partial charge in [0.05, 0.1) is 11.7 Å². The molecular formula is C17H25N3O2S. The molecule has 0 bridgehead atoms. The van der Waals surface area contributed by atoms with Gasteiger partial charge in [-0.1, -0.05) is 20.8 Å². The van der Waals surface area contributed by atoms with Gasteiger partial charge in [-0.2, -0.15) is 0 Å². The molecule has 23 heavy (non-hydrogen) atoms. The second-order valence-corrected chi connectivity index (χ2v) is 8.41. The van der Waals surface area contributed by atoms with E-state index in [-0.39, 0.29) is 29.3 Å². The van der Waals surface area contributed by atoms with E-state index in [1.165, 1.54) is 0 Å². The maximum atomic E-state index is 12.8. The molecule has 5 nitrogen and oxygen atoms in total. The van der Waals surface area contributed by atoms with Crippen molar-refractivity contribution in [1.82, 2.24) is 15.2 Å². The minimum atomic E-state index is -0.342. The first-order valence-electron chi connectivity index (χ1n) is 8.42. The van der Waals surface area contributed by atoms with Gasteiger partial charge in [-0.3, -0.25) is 9.59 Å². The Balaban J connectivity index is 1.80. The Bertz CT molecular complexity index is 605. The first kappa shape index (κ1) is 16.4. The minimum Gasteiger partial charge on any atom is -0.344 e. The van der Waals surface area contributed by atoms with Gasteiger partial charge in [0.15, 0.2) is 0 Å². The predicted octanol–water partition coefficient (Wildman–Crippen LogP) is 2.77. The molecule has 3 rings (SSSR count). The highest BCUT2D eigenvalue weighted by atomic mass is 32.1. The molecule has 1 aromatic heterocycles. The number of nitrogens with one attached hydrogen (secondary N) is 1. The Morgan fingerprint density at radius 2 is 2.13 bits per heavy atom. The number of likely N-dealkylation sites (tertiary alicyclic amines) is 1. The van der Waals surface area contributed by atoms with Crippen molar-refractivity contribution < 1.29 is 9.59 Å². The number of amides is 2. The van der Waals surface area contributed by atoms with Crippen molar-refractivity contribution in [3.8, 4) is 0 Å². The quantitative estimate of drug-likeness (QED) is 0.904. The molecule has 6 heteroatoms. The van der Waals surface area contributed by atoms with E-state index < -0.39 is 0 Å². The fraction of sp³-hybridized carbons (Fsp3) is 0.706. The number of aromatic nitrogens is 1. The van der Waals surface area contributed by atoms with Crippen LogP contribution in [0.2, 0.25) is 0 Å². The lowest BCUT2D eigenvalue weighted by molar-refractivity contribution is -0.138. The summed E-state index contributed by atoms with van der Waals surface area (Å²) in [5.41, 5.74) is 1.11. The summed E-state index contributed by atoms with van der Waals surface area (Å²) in [5.74, 6) is 0.0502. The van der Waals surface area contributed by atoms with E-state index in [4.69, 9.17) is 4.98 Å². The topological polar surface area (TPSA) is 62.3 Å². The third-order valence-corrected chi connectivity index (χ3v) is 5.60. The first-order valence-corrected chi connectivity index (χ1v) is 9.30. The summed E-state index contributed by atoms with van der Waals surface area (Å²) in [6.07, 6.45) is 4.19. The fourth-order valence-corrected chi connectivity index (χ4v) is 4.43. The van der Waals surface area contributed by atoms with Crippen molar-refractivity contribution in [3.63, 3.8) is 0 Å². The molecule has 2 aliphatic heterocycles. The molecule has 2 fully saturated rings. The second kappa shape index (κ2) is 6.23. The molecule has 3 heterocycles. The number of thiazole rings is 1. The summed E-state index contributed by atoms with van der Waals surface area (Å²) in [4.78, 5) is 31.0. The van der Waals surface area contributed by atoms with Crippen LogP contribution in [-0.4, -0.2) is 34.3 Å². The molecule has 0 aromatic carbocycles. The van der Waals surface area contributed by atoms with Gasteiger partial charge < -0.3 is 10.2 Å². The highest BCUT2D eigenvalue weighted by molar-refractivity contribution is 7.09. The van der Waals surface area contributed by atoms with E-state index >= 15 is 0 Å². The van der Waals surface area contributed by atoms with Gasteiger partial charge in [-0.05, 0) is 25.7 Å². The highest BCUT2D eigenvalue weighted by Gasteiger charge is 2.37. The number of hydrogen-bond acceptors (Lipinski definition) is 4. The van der Waals surface area contributed by atoms with Crippen molar-refractivity contribution in [3.05, 3.63) is 16.1 Å². The van der Waals surface area contributed by atoms with Gasteiger partial charge in [0.2, 0.25) is 11.8 Å². The van der Waals surface area contributed by atoms with E-state index in [9.17, 15) is 9.59 Å². The van der Waals surface area contributed by atoms with E-state index in [2.05, 4.69) is 31.5 Å². The maximum absolute atomic E-state index is 12.8. The molecule has 126 valence electrons. The number of rotatable bonds is 2. The van der Waals surface area contributed by atoms with Crippen molar-refractivity contribution in [2.24, 2.45) is 0 Å². The van der Waals surface area contributed by atoms with Crippen molar-refractivity contribution >= 4 is 23.2 Å². The van der Waals surface area contributed by atoms with Crippen LogP contribution in [0.3, 0.4) is 0 Å². The molecule has 1 aromatic rings. The average molecular weight is 335 g/mol. The Labute approximate surface area is 141 Å². The van der Waals surface area contributed by atoms with Crippen molar-refractivity contribution in [1.29, 1.82) is 0 Å². The zero-order chi connectivity index (χ0) is 16.6. The fourth-order valence-electron chi connectivity index (χ4n) is 3.24. The van der Waals surface area contributed by atoms with Gasteiger partial charge >= 0.3 is 0 Å². The Morgan fingerprint density at radius 3 is 2.74 bits per heavy atom. The Morgan fingerprint density at radius 1 is 1.35 bits per heavy atom. The molecule has 0 unspecified atom stereocenters. The van der Waals surface area contributed by atoms with E-state index in [0.717, 1.165) is 36.5 Å². The Kier molecular flexibility index (Phi) is 4.45. The van der Waals surface area contributed by atoms with Crippen LogP contribution in [-0.2, 0) is 15.0 Å². The second-order valence-electron chi connectivity index (χ2n) is 7.52. The average Bonchev–Trinajstić information content (AvgIpc) is 3.15. The third-order valence-electron chi connectivity index (χ3n) is 4.65. The lowest BCUT2D eigenvalue weighted by atomic mass is 9.93. The van der Waals surface area contributed by atoms with Crippen LogP contribution in [0.1, 0.15) is 69.6 Å². The zero-order valence-electron chi connectivity index (χ0n) is 14.1. The van der Waals surface area contributed by atoms with Crippen LogP contribution in [0.25, 0.3) is 0 Å². The lowest BCUT2D eigenvalue weighted by Gasteiger charge is -2.36. The number of piperidine rings is 1. The predicted molar refractivity (Wildman–Crippen MR) is 90.3 cm³/mol. The molecule has 0 spiro atoms. The van der Waals surface area contributed by atoms with Gasteiger partial charge in [0.1, 0.15) is 11.0 Å². The van der Waals surface area contributed by atoms with E-state index in [0.29, 0.717) is 12.8 Å². The molecule has 2 amide bonds. The summed E-state index contributed by atoms with van der Waals surface area (Å²) in [6, 6.07) is -0.278. The smallest absolute Gasteiger partial charge is 0.245 e. The van der Waals surface area contributed by atoms with Crippen LogP contribution < -0.4 is 5.32 Å². The molecule has 0 aliphatic carbocycles. The Hall–Kier alpha value is -1.43. The van der Waals surface area contributed by atoms with Gasteiger partial charge in [-0.15, -0.1) is 11.3 Å². The molecule has 0 saturated carbocycles. The van der Waals surface area contributed by atoms with E-state index in [1.54, 1.807) is 11.3 Å². The highest BCUT2D eigenvalue weighted by Crippen LogP contribution is 2.35. The number of carbonyl (C=O) groups excluding carboxylic acids is 2.